The monoisotopic (exact) mass is 693 g/mol. The Morgan fingerprint density at radius 1 is 0.920 bits per heavy atom. The Morgan fingerprint density at radius 3 is 2.30 bits per heavy atom. The fourth-order valence-corrected chi connectivity index (χ4v) is 14.6. The van der Waals surface area contributed by atoms with E-state index in [9.17, 15) is 19.4 Å². The predicted octanol–water partition coefficient (Wildman–Crippen LogP) is 9.13. The van der Waals surface area contributed by atoms with Crippen molar-refractivity contribution in [3.8, 4) is 0 Å². The molecule has 6 aliphatic carbocycles. The molecule has 50 heavy (non-hydrogen) atoms. The second kappa shape index (κ2) is 12.5. The molecular formula is C44H69FN2O3. The van der Waals surface area contributed by atoms with Crippen LogP contribution in [0.1, 0.15) is 131 Å². The number of aliphatic hydroxyl groups is 1. The smallest absolute Gasteiger partial charge is 0.312 e. The van der Waals surface area contributed by atoms with E-state index in [1.807, 2.05) is 6.92 Å². The molecule has 1 heterocycles. The van der Waals surface area contributed by atoms with E-state index in [0.29, 0.717) is 59.7 Å². The van der Waals surface area contributed by atoms with E-state index in [1.54, 1.807) is 0 Å². The third kappa shape index (κ3) is 5.40. The third-order valence-electron chi connectivity index (χ3n) is 17.9. The van der Waals surface area contributed by atoms with Gasteiger partial charge in [-0.25, -0.2) is 4.39 Å². The molecule has 5 nitrogen and oxygen atoms in total. The fourth-order valence-electron chi connectivity index (χ4n) is 14.6. The minimum absolute atomic E-state index is 0.00599. The number of nitrogens with one attached hydrogen (secondary N) is 1. The van der Waals surface area contributed by atoms with Crippen molar-refractivity contribution in [2.45, 2.75) is 143 Å². The molecule has 280 valence electrons. The van der Waals surface area contributed by atoms with Crippen LogP contribution in [0.5, 0.6) is 0 Å². The summed E-state index contributed by atoms with van der Waals surface area (Å²) in [4.78, 5) is 14.5. The van der Waals surface area contributed by atoms with E-state index in [4.69, 9.17) is 0 Å². The molecule has 4 saturated carbocycles. The maximum Gasteiger partial charge on any atom is 0.312 e. The van der Waals surface area contributed by atoms with Gasteiger partial charge in [0.05, 0.1) is 11.0 Å². The van der Waals surface area contributed by atoms with Crippen LogP contribution < -0.4 is 5.32 Å². The lowest BCUT2D eigenvalue weighted by Gasteiger charge is -2.72. The largest absolute Gasteiger partial charge is 0.481 e. The molecule has 0 amide bonds. The van der Waals surface area contributed by atoms with Crippen molar-refractivity contribution in [3.63, 3.8) is 0 Å². The molecule has 0 aromatic carbocycles. The molecule has 0 unspecified atom stereocenters. The van der Waals surface area contributed by atoms with Crippen LogP contribution in [-0.4, -0.2) is 65.1 Å². The quantitative estimate of drug-likeness (QED) is 0.221. The van der Waals surface area contributed by atoms with Gasteiger partial charge in [0.2, 0.25) is 0 Å². The lowest BCUT2D eigenvalue weighted by atomic mass is 9.33. The highest BCUT2D eigenvalue weighted by molar-refractivity contribution is 5.75. The van der Waals surface area contributed by atoms with Crippen LogP contribution in [-0.2, 0) is 4.79 Å². The summed E-state index contributed by atoms with van der Waals surface area (Å²) < 4.78 is 14.0. The number of carboxylic acids is 1. The van der Waals surface area contributed by atoms with Crippen molar-refractivity contribution in [1.82, 2.24) is 10.2 Å². The summed E-state index contributed by atoms with van der Waals surface area (Å²) in [5, 5.41) is 24.5. The normalized spacial score (nSPS) is 46.8. The number of allylic oxidation sites excluding steroid dienone is 5. The molecule has 3 N–H and O–H groups in total. The highest BCUT2D eigenvalue weighted by Crippen LogP contribution is 2.76. The maximum atomic E-state index is 14.0. The van der Waals surface area contributed by atoms with Gasteiger partial charge in [-0.2, -0.15) is 0 Å². The topological polar surface area (TPSA) is 72.8 Å². The van der Waals surface area contributed by atoms with E-state index >= 15 is 0 Å². The van der Waals surface area contributed by atoms with Crippen molar-refractivity contribution < 1.29 is 19.4 Å². The van der Waals surface area contributed by atoms with E-state index in [0.717, 1.165) is 45.4 Å². The van der Waals surface area contributed by atoms with Crippen LogP contribution in [0.2, 0.25) is 0 Å². The average molecular weight is 693 g/mol. The van der Waals surface area contributed by atoms with Gasteiger partial charge in [-0.1, -0.05) is 52.8 Å². The van der Waals surface area contributed by atoms with Gasteiger partial charge in [0, 0.05) is 31.7 Å². The molecular weight excluding hydrogens is 623 g/mol. The second-order valence-corrected chi connectivity index (χ2v) is 20.3. The molecule has 10 atom stereocenters. The minimum Gasteiger partial charge on any atom is -0.481 e. The lowest BCUT2D eigenvalue weighted by Crippen LogP contribution is -2.68. The SMILES string of the molecule is C=C[C@@H]1CC[C@]2(NCCN3CCC(C)(O)CC3)CC[C@]3(C)[C@H](CC[C@@H]4[C@@]5(C)CC=C(C6=CC[C@](CF)(C(=O)O)CC6)C(C)(C)[C@@H]5CC[C@]43C)[C@@H]12. The molecule has 0 radical (unpaired) electrons. The Balaban J connectivity index is 1.11. The zero-order valence-electron chi connectivity index (χ0n) is 32.4. The van der Waals surface area contributed by atoms with Crippen LogP contribution in [0.4, 0.5) is 4.39 Å². The van der Waals surface area contributed by atoms with Gasteiger partial charge >= 0.3 is 5.97 Å². The third-order valence-corrected chi connectivity index (χ3v) is 17.9. The van der Waals surface area contributed by atoms with E-state index in [2.05, 4.69) is 69.6 Å². The number of hydrogen-bond donors (Lipinski definition) is 3. The Bertz CT molecular complexity index is 1410. The molecule has 1 aliphatic heterocycles. The van der Waals surface area contributed by atoms with E-state index < -0.39 is 23.7 Å². The summed E-state index contributed by atoms with van der Waals surface area (Å²) in [6.45, 7) is 22.7. The Labute approximate surface area is 303 Å². The average Bonchev–Trinajstić information content (AvgIpc) is 3.44. The van der Waals surface area contributed by atoms with Gasteiger partial charge in [-0.3, -0.25) is 4.79 Å². The van der Waals surface area contributed by atoms with Gasteiger partial charge in [-0.15, -0.1) is 6.58 Å². The number of carboxylic acid groups (broad SMARTS) is 1. The van der Waals surface area contributed by atoms with Crippen LogP contribution in [0, 0.1) is 56.7 Å². The maximum absolute atomic E-state index is 14.0. The number of nitrogens with zero attached hydrogens (tertiary/aromatic N) is 1. The van der Waals surface area contributed by atoms with Crippen molar-refractivity contribution in [1.29, 1.82) is 0 Å². The number of hydrogen-bond acceptors (Lipinski definition) is 4. The van der Waals surface area contributed by atoms with Crippen LogP contribution >= 0.6 is 0 Å². The first-order chi connectivity index (χ1) is 23.5. The van der Waals surface area contributed by atoms with Crippen LogP contribution in [0.15, 0.2) is 36.0 Å². The first-order valence-electron chi connectivity index (χ1n) is 20.5. The van der Waals surface area contributed by atoms with Crippen molar-refractivity contribution in [2.24, 2.45) is 56.7 Å². The number of likely N-dealkylation sites (tertiary alicyclic amines) is 1. The Hall–Kier alpha value is -1.50. The molecule has 0 spiro atoms. The summed E-state index contributed by atoms with van der Waals surface area (Å²) in [6.07, 6.45) is 21.4. The number of piperidine rings is 1. The van der Waals surface area contributed by atoms with E-state index in [-0.39, 0.29) is 16.4 Å². The molecule has 0 bridgehead atoms. The van der Waals surface area contributed by atoms with Crippen molar-refractivity contribution in [2.75, 3.05) is 32.9 Å². The zero-order chi connectivity index (χ0) is 36.0. The molecule has 0 aromatic rings. The summed E-state index contributed by atoms with van der Waals surface area (Å²) in [6, 6.07) is 0. The van der Waals surface area contributed by atoms with Crippen LogP contribution in [0.3, 0.4) is 0 Å². The predicted molar refractivity (Wildman–Crippen MR) is 200 cm³/mol. The number of halogens is 1. The second-order valence-electron chi connectivity index (χ2n) is 20.3. The standard InChI is InChI=1S/C44H69FN2O3/c1-8-30-13-20-44(46-25-28-47-26-23-39(4,50)24-27-47)22-21-41(6)33(36(30)44)9-10-35-40(5)16-14-32(38(2,3)34(40)15-17-42(35,41)7)31-11-18-43(29-45,19-12-31)37(48)49/h8,11,14,30,33-36,46,50H,1,9-10,12-13,15-29H2,2-7H3,(H,48,49)/t30-,33-,34+,35-,36-,40+,41-,42-,43+,44+/m1/s1. The molecule has 1 saturated heterocycles. The number of rotatable bonds is 8. The van der Waals surface area contributed by atoms with Gasteiger partial charge in [-0.05, 0) is 159 Å². The Kier molecular flexibility index (Phi) is 9.24. The van der Waals surface area contributed by atoms with Gasteiger partial charge < -0.3 is 20.4 Å². The highest BCUT2D eigenvalue weighted by Gasteiger charge is 2.70. The fraction of sp³-hybridized carbons (Fsp3) is 0.841. The summed E-state index contributed by atoms with van der Waals surface area (Å²) in [5.74, 6) is 2.22. The summed E-state index contributed by atoms with van der Waals surface area (Å²) >= 11 is 0. The van der Waals surface area contributed by atoms with Crippen molar-refractivity contribution in [3.05, 3.63) is 36.0 Å². The lowest BCUT2D eigenvalue weighted by molar-refractivity contribution is -0.220. The number of aliphatic carboxylic acids is 1. The number of alkyl halides is 1. The zero-order valence-corrected chi connectivity index (χ0v) is 32.4. The minimum atomic E-state index is -1.24. The summed E-state index contributed by atoms with van der Waals surface area (Å²) in [7, 11) is 0. The highest BCUT2D eigenvalue weighted by atomic mass is 19.1. The molecule has 5 fully saturated rings. The molecule has 7 rings (SSSR count). The molecule has 6 heteroatoms. The van der Waals surface area contributed by atoms with E-state index in [1.165, 1.54) is 62.5 Å². The number of fused-ring (bicyclic) bond motifs is 7. The van der Waals surface area contributed by atoms with Crippen LogP contribution in [0.25, 0.3) is 0 Å². The number of carbonyl (C=O) groups is 1. The van der Waals surface area contributed by atoms with Gasteiger partial charge in [0.1, 0.15) is 6.67 Å². The van der Waals surface area contributed by atoms with Gasteiger partial charge in [0.25, 0.3) is 0 Å². The first kappa shape index (κ1) is 36.8. The Morgan fingerprint density at radius 2 is 1.66 bits per heavy atom. The molecule has 7 aliphatic rings. The first-order valence-corrected chi connectivity index (χ1v) is 20.5. The van der Waals surface area contributed by atoms with Crippen molar-refractivity contribution >= 4 is 5.97 Å². The van der Waals surface area contributed by atoms with Gasteiger partial charge in [0.15, 0.2) is 0 Å². The molecule has 0 aromatic heterocycles. The summed E-state index contributed by atoms with van der Waals surface area (Å²) in [5.41, 5.74) is 2.01.